The Balaban J connectivity index is 1.82. The third-order valence-corrected chi connectivity index (χ3v) is 4.58. The summed E-state index contributed by atoms with van der Waals surface area (Å²) in [5, 5.41) is 9.14. The van der Waals surface area contributed by atoms with Gasteiger partial charge in [-0.05, 0) is 19.1 Å². The zero-order chi connectivity index (χ0) is 16.4. The molecule has 0 saturated carbocycles. The van der Waals surface area contributed by atoms with Crippen LogP contribution in [0, 0.1) is 6.92 Å². The molecule has 0 spiro atoms. The third kappa shape index (κ3) is 3.35. The van der Waals surface area contributed by atoms with Crippen LogP contribution in [0.4, 0.5) is 5.13 Å². The molecule has 0 radical (unpaired) electrons. The molecule has 1 aromatic carbocycles. The minimum atomic E-state index is -0.240. The van der Waals surface area contributed by atoms with E-state index in [2.05, 4.69) is 31.4 Å². The van der Waals surface area contributed by atoms with Crippen LogP contribution in [0.5, 0.6) is 0 Å². The zero-order valence-electron chi connectivity index (χ0n) is 12.6. The Hall–Kier alpha value is -1.99. The summed E-state index contributed by atoms with van der Waals surface area (Å²) in [5.41, 5.74) is 2.89. The maximum atomic E-state index is 12.4. The van der Waals surface area contributed by atoms with E-state index < -0.39 is 0 Å². The highest BCUT2D eigenvalue weighted by Gasteiger charge is 2.20. The van der Waals surface area contributed by atoms with Crippen molar-refractivity contribution in [1.82, 2.24) is 10.1 Å². The lowest BCUT2D eigenvalue weighted by Gasteiger charge is -2.01. The Labute approximate surface area is 145 Å². The predicted octanol–water partition coefficient (Wildman–Crippen LogP) is 4.68. The summed E-state index contributed by atoms with van der Waals surface area (Å²) < 4.78 is 6.15. The van der Waals surface area contributed by atoms with Crippen molar-refractivity contribution in [3.05, 3.63) is 51.1 Å². The summed E-state index contributed by atoms with van der Waals surface area (Å²) in [6.07, 6.45) is 0.616. The Morgan fingerprint density at radius 3 is 3.00 bits per heavy atom. The fourth-order valence-electron chi connectivity index (χ4n) is 2.22. The molecule has 1 amide bonds. The van der Waals surface area contributed by atoms with Gasteiger partial charge in [0, 0.05) is 21.8 Å². The largest absolute Gasteiger partial charge is 0.360 e. The van der Waals surface area contributed by atoms with Crippen LogP contribution < -0.4 is 5.32 Å². The molecule has 3 rings (SSSR count). The topological polar surface area (TPSA) is 68.0 Å². The number of amides is 1. The number of carbonyl (C=O) groups excluding carboxylic acids is 1. The molecule has 0 saturated heterocycles. The lowest BCUT2D eigenvalue weighted by atomic mass is 10.1. The van der Waals surface area contributed by atoms with E-state index in [4.69, 9.17) is 4.52 Å². The number of halogens is 1. The van der Waals surface area contributed by atoms with E-state index in [0.29, 0.717) is 28.6 Å². The maximum Gasteiger partial charge on any atom is 0.262 e. The van der Waals surface area contributed by atoms with E-state index in [0.717, 1.165) is 15.7 Å². The van der Waals surface area contributed by atoms with Gasteiger partial charge in [-0.2, -0.15) is 0 Å². The predicted molar refractivity (Wildman–Crippen MR) is 93.8 cm³/mol. The molecule has 0 aliphatic rings. The van der Waals surface area contributed by atoms with E-state index in [1.54, 1.807) is 6.92 Å². The van der Waals surface area contributed by atoms with Gasteiger partial charge < -0.3 is 4.52 Å². The summed E-state index contributed by atoms with van der Waals surface area (Å²) in [7, 11) is 0. The van der Waals surface area contributed by atoms with E-state index in [1.807, 2.05) is 36.6 Å². The van der Waals surface area contributed by atoms with Gasteiger partial charge in [-0.15, -0.1) is 11.3 Å². The van der Waals surface area contributed by atoms with Crippen molar-refractivity contribution in [2.75, 3.05) is 5.32 Å². The lowest BCUT2D eigenvalue weighted by molar-refractivity contribution is 0.102. The van der Waals surface area contributed by atoms with Crippen molar-refractivity contribution in [3.8, 4) is 11.3 Å². The summed E-state index contributed by atoms with van der Waals surface area (Å²) in [6, 6.07) is 7.87. The number of thiazole rings is 1. The zero-order valence-corrected chi connectivity index (χ0v) is 15.0. The quantitative estimate of drug-likeness (QED) is 0.700. The normalized spacial score (nSPS) is 10.7. The van der Waals surface area contributed by atoms with Crippen LogP contribution in [0.25, 0.3) is 11.3 Å². The third-order valence-electron chi connectivity index (χ3n) is 3.33. The number of hydrogen-bond donors (Lipinski definition) is 1. The van der Waals surface area contributed by atoms with Crippen molar-refractivity contribution in [2.45, 2.75) is 20.3 Å². The van der Waals surface area contributed by atoms with Crippen LogP contribution in [0.3, 0.4) is 0 Å². The fourth-order valence-corrected chi connectivity index (χ4v) is 3.33. The standard InChI is InChI=1S/C16H14BrN3O2S/c1-3-13-14(9(2)20-22-13)15(21)19-16-18-12(8-23-16)10-5-4-6-11(17)7-10/h4-8H,3H2,1-2H3,(H,18,19,21). The van der Waals surface area contributed by atoms with Crippen molar-refractivity contribution >= 4 is 38.3 Å². The van der Waals surface area contributed by atoms with Gasteiger partial charge in [0.1, 0.15) is 11.3 Å². The highest BCUT2D eigenvalue weighted by atomic mass is 79.9. The molecule has 5 nitrogen and oxygen atoms in total. The molecule has 0 atom stereocenters. The number of nitrogens with zero attached hydrogens (tertiary/aromatic N) is 2. The summed E-state index contributed by atoms with van der Waals surface area (Å²) in [6.45, 7) is 3.68. The number of anilines is 1. The Morgan fingerprint density at radius 1 is 1.43 bits per heavy atom. The first-order valence-electron chi connectivity index (χ1n) is 7.06. The number of aryl methyl sites for hydroxylation is 2. The molecular weight excluding hydrogens is 378 g/mol. The number of nitrogens with one attached hydrogen (secondary N) is 1. The number of aromatic nitrogens is 2. The molecule has 3 aromatic rings. The van der Waals surface area contributed by atoms with Crippen molar-refractivity contribution in [3.63, 3.8) is 0 Å². The van der Waals surface area contributed by atoms with Gasteiger partial charge in [-0.3, -0.25) is 10.1 Å². The molecule has 0 aliphatic carbocycles. The molecule has 23 heavy (non-hydrogen) atoms. The summed E-state index contributed by atoms with van der Waals surface area (Å²) in [4.78, 5) is 16.9. The first kappa shape index (κ1) is 15.9. The molecule has 0 fully saturated rings. The van der Waals surface area contributed by atoms with Crippen LogP contribution in [0.2, 0.25) is 0 Å². The number of carbonyl (C=O) groups is 1. The first-order valence-corrected chi connectivity index (χ1v) is 8.73. The smallest absolute Gasteiger partial charge is 0.262 e. The van der Waals surface area contributed by atoms with E-state index in [-0.39, 0.29) is 5.91 Å². The van der Waals surface area contributed by atoms with E-state index in [1.165, 1.54) is 11.3 Å². The van der Waals surface area contributed by atoms with Gasteiger partial charge in [0.25, 0.3) is 5.91 Å². The van der Waals surface area contributed by atoms with Gasteiger partial charge in [0.15, 0.2) is 5.13 Å². The molecule has 0 aliphatic heterocycles. The molecule has 2 aromatic heterocycles. The fraction of sp³-hybridized carbons (Fsp3) is 0.188. The molecule has 0 bridgehead atoms. The molecule has 2 heterocycles. The Kier molecular flexibility index (Phi) is 4.58. The maximum absolute atomic E-state index is 12.4. The van der Waals surface area contributed by atoms with Crippen molar-refractivity contribution < 1.29 is 9.32 Å². The molecule has 1 N–H and O–H groups in total. The van der Waals surface area contributed by atoms with Crippen LogP contribution in [0.1, 0.15) is 28.7 Å². The van der Waals surface area contributed by atoms with Gasteiger partial charge >= 0.3 is 0 Å². The number of hydrogen-bond acceptors (Lipinski definition) is 5. The average molecular weight is 392 g/mol. The second kappa shape index (κ2) is 6.64. The average Bonchev–Trinajstić information content (AvgIpc) is 3.13. The van der Waals surface area contributed by atoms with Crippen LogP contribution in [-0.2, 0) is 6.42 Å². The highest BCUT2D eigenvalue weighted by Crippen LogP contribution is 2.27. The van der Waals surface area contributed by atoms with Crippen molar-refractivity contribution in [2.24, 2.45) is 0 Å². The Morgan fingerprint density at radius 2 is 2.26 bits per heavy atom. The van der Waals surface area contributed by atoms with Crippen LogP contribution in [0.15, 0.2) is 38.6 Å². The van der Waals surface area contributed by atoms with Crippen LogP contribution in [-0.4, -0.2) is 16.0 Å². The SMILES string of the molecule is CCc1onc(C)c1C(=O)Nc1nc(-c2cccc(Br)c2)cs1. The van der Waals surface area contributed by atoms with E-state index >= 15 is 0 Å². The summed E-state index contributed by atoms with van der Waals surface area (Å²) >= 11 is 4.83. The van der Waals surface area contributed by atoms with Gasteiger partial charge in [-0.25, -0.2) is 4.98 Å². The van der Waals surface area contributed by atoms with Crippen molar-refractivity contribution in [1.29, 1.82) is 0 Å². The molecule has 0 unspecified atom stereocenters. The highest BCUT2D eigenvalue weighted by molar-refractivity contribution is 9.10. The monoisotopic (exact) mass is 391 g/mol. The second-order valence-corrected chi connectivity index (χ2v) is 6.70. The second-order valence-electron chi connectivity index (χ2n) is 4.92. The van der Waals surface area contributed by atoms with Crippen LogP contribution >= 0.6 is 27.3 Å². The van der Waals surface area contributed by atoms with Gasteiger partial charge in [-0.1, -0.05) is 40.1 Å². The number of benzene rings is 1. The first-order chi connectivity index (χ1) is 11.1. The molecule has 118 valence electrons. The number of rotatable bonds is 4. The summed E-state index contributed by atoms with van der Waals surface area (Å²) in [5.74, 6) is 0.347. The minimum Gasteiger partial charge on any atom is -0.360 e. The van der Waals surface area contributed by atoms with Gasteiger partial charge in [0.05, 0.1) is 11.4 Å². The molecule has 7 heteroatoms. The minimum absolute atomic E-state index is 0.240. The lowest BCUT2D eigenvalue weighted by Crippen LogP contribution is -2.14. The molecular formula is C16H14BrN3O2S. The van der Waals surface area contributed by atoms with E-state index in [9.17, 15) is 4.79 Å². The van der Waals surface area contributed by atoms with Gasteiger partial charge in [0.2, 0.25) is 0 Å². The Bertz CT molecular complexity index is 857.